The Morgan fingerprint density at radius 1 is 1.03 bits per heavy atom. The highest BCUT2D eigenvalue weighted by Crippen LogP contribution is 2.42. The first kappa shape index (κ1) is 19.0. The SMILES string of the molecule is O=C1c2cccn2CC12CCN(c1cnc(Sc3cccc(Cl)c3Cl)cn1)CC2. The zero-order valence-electron chi connectivity index (χ0n) is 15.5. The van der Waals surface area contributed by atoms with Crippen LogP contribution in [0.2, 0.25) is 10.0 Å². The standard InChI is InChI=1S/C21H18Cl2N4OS/c22-14-3-1-5-16(19(14)23)29-18-12-24-17(11-25-18)26-9-6-21(7-10-26)13-27-8-2-4-15(27)20(21)28/h1-5,8,11-12H,6-7,9-10,13H2. The number of aromatic nitrogens is 3. The lowest BCUT2D eigenvalue weighted by atomic mass is 9.76. The monoisotopic (exact) mass is 444 g/mol. The first-order chi connectivity index (χ1) is 14.1. The fourth-order valence-corrected chi connectivity index (χ4v) is 5.43. The molecule has 2 aliphatic heterocycles. The predicted molar refractivity (Wildman–Crippen MR) is 115 cm³/mol. The molecule has 148 valence electrons. The van der Waals surface area contributed by atoms with Gasteiger partial charge in [0.1, 0.15) is 10.8 Å². The van der Waals surface area contributed by atoms with Gasteiger partial charge in [-0.3, -0.25) is 4.79 Å². The van der Waals surface area contributed by atoms with E-state index in [2.05, 4.69) is 19.4 Å². The Bertz CT molecular complexity index is 1070. The van der Waals surface area contributed by atoms with Gasteiger partial charge in [-0.1, -0.05) is 41.0 Å². The Hall–Kier alpha value is -2.02. The van der Waals surface area contributed by atoms with E-state index in [-0.39, 0.29) is 5.41 Å². The molecule has 2 aromatic heterocycles. The summed E-state index contributed by atoms with van der Waals surface area (Å²) in [5, 5.41) is 1.81. The van der Waals surface area contributed by atoms with Crippen LogP contribution in [0.1, 0.15) is 23.3 Å². The molecule has 0 bridgehead atoms. The maximum absolute atomic E-state index is 12.9. The van der Waals surface area contributed by atoms with Gasteiger partial charge in [0.15, 0.2) is 5.78 Å². The van der Waals surface area contributed by atoms with Gasteiger partial charge in [0.25, 0.3) is 0 Å². The molecule has 0 unspecified atom stereocenters. The van der Waals surface area contributed by atoms with Crippen LogP contribution < -0.4 is 4.90 Å². The fraction of sp³-hybridized carbons (Fsp3) is 0.286. The molecule has 8 heteroatoms. The van der Waals surface area contributed by atoms with Crippen LogP contribution in [0.25, 0.3) is 0 Å². The van der Waals surface area contributed by atoms with E-state index in [0.717, 1.165) is 53.9 Å². The number of ketones is 1. The summed E-state index contributed by atoms with van der Waals surface area (Å²) in [6, 6.07) is 9.41. The second kappa shape index (κ2) is 7.35. The first-order valence-electron chi connectivity index (χ1n) is 9.45. The van der Waals surface area contributed by atoms with Crippen LogP contribution in [-0.2, 0) is 6.54 Å². The van der Waals surface area contributed by atoms with Crippen molar-refractivity contribution >= 4 is 46.6 Å². The molecule has 0 N–H and O–H groups in total. The molecule has 0 atom stereocenters. The second-order valence-electron chi connectivity index (χ2n) is 7.48. The molecule has 1 aromatic carbocycles. The molecule has 3 aromatic rings. The summed E-state index contributed by atoms with van der Waals surface area (Å²) in [5.74, 6) is 1.13. The maximum Gasteiger partial charge on any atom is 0.187 e. The highest BCUT2D eigenvalue weighted by molar-refractivity contribution is 7.99. The zero-order chi connectivity index (χ0) is 20.0. The van der Waals surface area contributed by atoms with Crippen molar-refractivity contribution in [2.24, 2.45) is 5.41 Å². The van der Waals surface area contributed by atoms with E-state index in [4.69, 9.17) is 23.2 Å². The van der Waals surface area contributed by atoms with Gasteiger partial charge in [-0.2, -0.15) is 0 Å². The minimum Gasteiger partial charge on any atom is -0.355 e. The van der Waals surface area contributed by atoms with E-state index in [9.17, 15) is 4.79 Å². The van der Waals surface area contributed by atoms with Crippen LogP contribution >= 0.6 is 35.0 Å². The van der Waals surface area contributed by atoms with Gasteiger partial charge in [-0.15, -0.1) is 0 Å². The van der Waals surface area contributed by atoms with Gasteiger partial charge >= 0.3 is 0 Å². The van der Waals surface area contributed by atoms with E-state index >= 15 is 0 Å². The van der Waals surface area contributed by atoms with Gasteiger partial charge in [-0.05, 0) is 37.1 Å². The van der Waals surface area contributed by atoms with Crippen LogP contribution in [-0.4, -0.2) is 33.4 Å². The van der Waals surface area contributed by atoms with E-state index in [1.54, 1.807) is 18.5 Å². The number of carbonyl (C=O) groups is 1. The summed E-state index contributed by atoms with van der Waals surface area (Å²) < 4.78 is 2.09. The normalized spacial score (nSPS) is 17.7. The minimum atomic E-state index is -0.250. The highest BCUT2D eigenvalue weighted by atomic mass is 35.5. The summed E-state index contributed by atoms with van der Waals surface area (Å²) in [5.41, 5.74) is 0.596. The number of piperidine rings is 1. The number of anilines is 1. The summed E-state index contributed by atoms with van der Waals surface area (Å²) in [6.45, 7) is 2.40. The van der Waals surface area contributed by atoms with E-state index in [1.165, 1.54) is 11.8 Å². The molecule has 2 aliphatic rings. The largest absolute Gasteiger partial charge is 0.355 e. The average Bonchev–Trinajstić information content (AvgIpc) is 3.28. The van der Waals surface area contributed by atoms with Crippen molar-refractivity contribution in [3.63, 3.8) is 0 Å². The van der Waals surface area contributed by atoms with Crippen LogP contribution in [0.3, 0.4) is 0 Å². The average molecular weight is 445 g/mol. The second-order valence-corrected chi connectivity index (χ2v) is 9.33. The van der Waals surface area contributed by atoms with Gasteiger partial charge in [-0.25, -0.2) is 9.97 Å². The molecule has 1 spiro atoms. The molecule has 5 nitrogen and oxygen atoms in total. The Labute approximate surface area is 183 Å². The zero-order valence-corrected chi connectivity index (χ0v) is 17.8. The van der Waals surface area contributed by atoms with Crippen LogP contribution in [0, 0.1) is 5.41 Å². The van der Waals surface area contributed by atoms with Crippen LogP contribution in [0.5, 0.6) is 0 Å². The van der Waals surface area contributed by atoms with Crippen molar-refractivity contribution in [2.45, 2.75) is 29.3 Å². The highest BCUT2D eigenvalue weighted by Gasteiger charge is 2.47. The van der Waals surface area contributed by atoms with Gasteiger partial charge in [0.05, 0.1) is 33.5 Å². The molecule has 5 rings (SSSR count). The molecule has 29 heavy (non-hydrogen) atoms. The Morgan fingerprint density at radius 3 is 2.59 bits per heavy atom. The third kappa shape index (κ3) is 3.33. The van der Waals surface area contributed by atoms with Crippen molar-refractivity contribution in [1.82, 2.24) is 14.5 Å². The van der Waals surface area contributed by atoms with Crippen molar-refractivity contribution in [2.75, 3.05) is 18.0 Å². The lowest BCUT2D eigenvalue weighted by Crippen LogP contribution is -2.44. The van der Waals surface area contributed by atoms with Crippen molar-refractivity contribution in [3.8, 4) is 0 Å². The maximum atomic E-state index is 12.9. The first-order valence-corrected chi connectivity index (χ1v) is 11.0. The van der Waals surface area contributed by atoms with E-state index in [1.807, 2.05) is 30.5 Å². The molecule has 1 fully saturated rings. The van der Waals surface area contributed by atoms with Crippen molar-refractivity contribution in [1.29, 1.82) is 0 Å². The Balaban J connectivity index is 1.26. The number of benzene rings is 1. The number of Topliss-reactive ketones (excluding diaryl/α,β-unsaturated/α-hetero) is 1. The lowest BCUT2D eigenvalue weighted by Gasteiger charge is -2.38. The van der Waals surface area contributed by atoms with Crippen LogP contribution in [0.4, 0.5) is 5.82 Å². The fourth-order valence-electron chi connectivity index (χ4n) is 4.18. The summed E-state index contributed by atoms with van der Waals surface area (Å²) in [4.78, 5) is 25.0. The van der Waals surface area contributed by atoms with Gasteiger partial charge < -0.3 is 9.47 Å². The minimum absolute atomic E-state index is 0.250. The number of nitrogens with zero attached hydrogens (tertiary/aromatic N) is 4. The molecule has 1 saturated heterocycles. The summed E-state index contributed by atoms with van der Waals surface area (Å²) in [6.07, 6.45) is 7.23. The van der Waals surface area contributed by atoms with E-state index in [0.29, 0.717) is 15.8 Å². The number of rotatable bonds is 3. The smallest absolute Gasteiger partial charge is 0.187 e. The van der Waals surface area contributed by atoms with Crippen molar-refractivity contribution < 1.29 is 4.79 Å². The molecule has 4 heterocycles. The predicted octanol–water partition coefficient (Wildman–Crippen LogP) is 5.22. The Kier molecular flexibility index (Phi) is 4.81. The van der Waals surface area contributed by atoms with Crippen molar-refractivity contribution in [3.05, 3.63) is 64.7 Å². The van der Waals surface area contributed by atoms with Gasteiger partial charge in [0.2, 0.25) is 0 Å². The third-order valence-electron chi connectivity index (χ3n) is 5.81. The quantitative estimate of drug-likeness (QED) is 0.554. The lowest BCUT2D eigenvalue weighted by molar-refractivity contribution is 0.0766. The summed E-state index contributed by atoms with van der Waals surface area (Å²) >= 11 is 13.8. The molecule has 0 aliphatic carbocycles. The Morgan fingerprint density at radius 2 is 1.86 bits per heavy atom. The number of fused-ring (bicyclic) bond motifs is 1. The van der Waals surface area contributed by atoms with Crippen LogP contribution in [0.15, 0.2) is 58.8 Å². The molecule has 0 saturated carbocycles. The molecule has 0 amide bonds. The number of hydrogen-bond acceptors (Lipinski definition) is 5. The van der Waals surface area contributed by atoms with E-state index < -0.39 is 0 Å². The topological polar surface area (TPSA) is 51.0 Å². The third-order valence-corrected chi connectivity index (χ3v) is 7.72. The molecular weight excluding hydrogens is 427 g/mol. The summed E-state index contributed by atoms with van der Waals surface area (Å²) in [7, 11) is 0. The number of halogens is 2. The molecular formula is C21H18Cl2N4OS. The number of carbonyl (C=O) groups excluding carboxylic acids is 1. The molecule has 0 radical (unpaired) electrons. The number of hydrogen-bond donors (Lipinski definition) is 0. The van der Waals surface area contributed by atoms with Gasteiger partial charge in [0, 0.05) is 30.7 Å².